The molecule has 0 radical (unpaired) electrons. The molecule has 0 saturated carbocycles. The van der Waals surface area contributed by atoms with Crippen molar-refractivity contribution in [2.45, 2.75) is 37.2 Å². The Labute approximate surface area is 195 Å². The van der Waals surface area contributed by atoms with Gasteiger partial charge in [-0.1, -0.05) is 18.2 Å². The van der Waals surface area contributed by atoms with Gasteiger partial charge in [-0.05, 0) is 29.8 Å². The number of hydrogen-bond donors (Lipinski definition) is 1. The van der Waals surface area contributed by atoms with Crippen LogP contribution in [-0.4, -0.2) is 43.4 Å². The maximum Gasteiger partial charge on any atom is 0.277 e. The van der Waals surface area contributed by atoms with Crippen LogP contribution in [0.25, 0.3) is 0 Å². The summed E-state index contributed by atoms with van der Waals surface area (Å²) < 4.78 is 56.8. The van der Waals surface area contributed by atoms with Gasteiger partial charge in [0.1, 0.15) is 5.69 Å². The molecule has 0 unspecified atom stereocenters. The fraction of sp³-hybridized carbons (Fsp3) is 0.292. The first-order valence-corrected chi connectivity index (χ1v) is 12.7. The molecule has 0 aliphatic carbocycles. The predicted octanol–water partition coefficient (Wildman–Crippen LogP) is 4.18. The molecule has 7 nitrogen and oxygen atoms in total. The number of pyridine rings is 2. The van der Waals surface area contributed by atoms with Crippen molar-refractivity contribution in [3.05, 3.63) is 70.8 Å². The van der Waals surface area contributed by atoms with Crippen molar-refractivity contribution in [1.82, 2.24) is 9.97 Å². The average Bonchev–Trinajstić information content (AvgIpc) is 3.24. The Morgan fingerprint density at radius 3 is 2.65 bits per heavy atom. The number of rotatable bonds is 6. The Hall–Kier alpha value is -3.24. The van der Waals surface area contributed by atoms with Crippen LogP contribution in [0, 0.1) is 0 Å². The molecule has 0 bridgehead atoms. The Kier molecular flexibility index (Phi) is 5.86. The lowest BCUT2D eigenvalue weighted by Crippen LogP contribution is -2.13. The summed E-state index contributed by atoms with van der Waals surface area (Å²) in [5, 5.41) is 3.11. The van der Waals surface area contributed by atoms with Crippen LogP contribution in [-0.2, 0) is 40.4 Å². The van der Waals surface area contributed by atoms with Gasteiger partial charge < -0.3 is 10.1 Å². The fourth-order valence-corrected chi connectivity index (χ4v) is 5.00. The molecule has 5 rings (SSSR count). The number of alkyl halides is 2. The zero-order valence-corrected chi connectivity index (χ0v) is 19.2. The van der Waals surface area contributed by atoms with Gasteiger partial charge in [-0.15, -0.1) is 0 Å². The highest BCUT2D eigenvalue weighted by molar-refractivity contribution is 7.90. The van der Waals surface area contributed by atoms with Gasteiger partial charge in [0.2, 0.25) is 0 Å². The van der Waals surface area contributed by atoms with Crippen molar-refractivity contribution in [3.8, 4) is 0 Å². The molecule has 0 saturated heterocycles. The smallest absolute Gasteiger partial charge is 0.277 e. The third-order valence-electron chi connectivity index (χ3n) is 5.76. The van der Waals surface area contributed by atoms with E-state index >= 15 is 0 Å². The second-order valence-electron chi connectivity index (χ2n) is 8.32. The number of benzene rings is 1. The van der Waals surface area contributed by atoms with Crippen molar-refractivity contribution in [2.24, 2.45) is 4.99 Å². The Bertz CT molecular complexity index is 1410. The minimum Gasteiger partial charge on any atom is -0.376 e. The summed E-state index contributed by atoms with van der Waals surface area (Å²) in [5.74, 6) is 0. The molecule has 1 aromatic carbocycles. The zero-order valence-electron chi connectivity index (χ0n) is 18.4. The van der Waals surface area contributed by atoms with E-state index in [1.807, 2.05) is 12.1 Å². The Morgan fingerprint density at radius 2 is 1.85 bits per heavy atom. The highest BCUT2D eigenvalue weighted by Crippen LogP contribution is 2.38. The van der Waals surface area contributed by atoms with Crippen LogP contribution >= 0.6 is 0 Å². The SMILES string of the molecule is CS(=O)(=O)c1ccccc1Nc1cc(Cc2ccc3c(n2)CCOC3)nc2c1N=C(C(F)F)C2. The molecule has 176 valence electrons. The number of hydrogen-bond acceptors (Lipinski definition) is 7. The summed E-state index contributed by atoms with van der Waals surface area (Å²) in [6, 6.07) is 12.1. The monoisotopic (exact) mass is 484 g/mol. The number of nitrogens with zero attached hydrogens (tertiary/aromatic N) is 3. The molecule has 0 atom stereocenters. The quantitative estimate of drug-likeness (QED) is 0.564. The number of aliphatic imine (C=N–C) groups is 1. The van der Waals surface area contributed by atoms with Crippen LogP contribution in [0.5, 0.6) is 0 Å². The molecule has 10 heteroatoms. The first-order chi connectivity index (χ1) is 16.3. The highest BCUT2D eigenvalue weighted by Gasteiger charge is 2.27. The molecule has 34 heavy (non-hydrogen) atoms. The molecule has 2 aromatic heterocycles. The van der Waals surface area contributed by atoms with Gasteiger partial charge in [0.05, 0.1) is 40.9 Å². The van der Waals surface area contributed by atoms with E-state index in [-0.39, 0.29) is 17.0 Å². The number of fused-ring (bicyclic) bond motifs is 2. The normalized spacial score (nSPS) is 15.1. The number of para-hydroxylation sites is 1. The average molecular weight is 485 g/mol. The maximum absolute atomic E-state index is 13.4. The standard InChI is InChI=1S/C24H22F2N4O3S/c1-34(31,32)22-5-3-2-4-18(22)29-19-11-16(28-20-12-21(24(25)26)30-23(19)20)10-15-7-6-14-13-33-9-8-17(14)27-15/h2-7,11,24H,8-10,12-13H2,1H3,(H,28,29). The fourth-order valence-electron chi connectivity index (χ4n) is 4.16. The van der Waals surface area contributed by atoms with Crippen LogP contribution in [0.15, 0.2) is 52.4 Å². The van der Waals surface area contributed by atoms with Crippen molar-refractivity contribution < 1.29 is 21.9 Å². The summed E-state index contributed by atoms with van der Waals surface area (Å²) in [4.78, 5) is 13.5. The topological polar surface area (TPSA) is 93.5 Å². The van der Waals surface area contributed by atoms with Crippen molar-refractivity contribution in [3.63, 3.8) is 0 Å². The van der Waals surface area contributed by atoms with Crippen LogP contribution in [0.1, 0.15) is 28.3 Å². The Morgan fingerprint density at radius 1 is 1.06 bits per heavy atom. The third kappa shape index (κ3) is 4.55. The number of nitrogens with one attached hydrogen (secondary N) is 1. The largest absolute Gasteiger partial charge is 0.376 e. The van der Waals surface area contributed by atoms with Crippen molar-refractivity contribution in [1.29, 1.82) is 0 Å². The molecule has 0 spiro atoms. The van der Waals surface area contributed by atoms with E-state index in [1.165, 1.54) is 6.07 Å². The van der Waals surface area contributed by atoms with Crippen LogP contribution < -0.4 is 5.32 Å². The van der Waals surface area contributed by atoms with Crippen LogP contribution in [0.3, 0.4) is 0 Å². The van der Waals surface area contributed by atoms with E-state index in [0.717, 1.165) is 29.6 Å². The molecule has 2 aliphatic rings. The summed E-state index contributed by atoms with van der Waals surface area (Å²) >= 11 is 0. The van der Waals surface area contributed by atoms with Crippen molar-refractivity contribution >= 4 is 32.6 Å². The van der Waals surface area contributed by atoms with Crippen LogP contribution in [0.4, 0.5) is 25.8 Å². The first kappa shape index (κ1) is 22.5. The second-order valence-corrected chi connectivity index (χ2v) is 10.3. The zero-order chi connectivity index (χ0) is 23.9. The summed E-state index contributed by atoms with van der Waals surface area (Å²) in [7, 11) is -3.51. The molecule has 4 heterocycles. The molecular formula is C24H22F2N4O3S. The van der Waals surface area contributed by atoms with E-state index < -0.39 is 16.3 Å². The van der Waals surface area contributed by atoms with E-state index in [9.17, 15) is 17.2 Å². The molecule has 0 amide bonds. The Balaban J connectivity index is 1.53. The van der Waals surface area contributed by atoms with Gasteiger partial charge in [0.25, 0.3) is 6.43 Å². The van der Waals surface area contributed by atoms with E-state index in [4.69, 9.17) is 9.72 Å². The maximum atomic E-state index is 13.4. The molecule has 2 aliphatic heterocycles. The van der Waals surface area contributed by atoms with Gasteiger partial charge >= 0.3 is 0 Å². The molecule has 1 N–H and O–H groups in total. The minimum atomic E-state index is -3.51. The lowest BCUT2D eigenvalue weighted by atomic mass is 10.1. The van der Waals surface area contributed by atoms with Gasteiger partial charge in [0.15, 0.2) is 9.84 Å². The number of aromatic nitrogens is 2. The first-order valence-electron chi connectivity index (χ1n) is 10.8. The van der Waals surface area contributed by atoms with E-state index in [2.05, 4.69) is 15.3 Å². The van der Waals surface area contributed by atoms with Crippen LogP contribution in [0.2, 0.25) is 0 Å². The number of sulfone groups is 1. The van der Waals surface area contributed by atoms with E-state index in [1.54, 1.807) is 24.3 Å². The lowest BCUT2D eigenvalue weighted by molar-refractivity contribution is 0.109. The molecule has 3 aromatic rings. The molecule has 0 fully saturated rings. The number of ether oxygens (including phenoxy) is 1. The lowest BCUT2D eigenvalue weighted by Gasteiger charge is -2.17. The minimum absolute atomic E-state index is 0.0573. The second kappa shape index (κ2) is 8.84. The van der Waals surface area contributed by atoms with Gasteiger partial charge in [-0.3, -0.25) is 9.97 Å². The third-order valence-corrected chi connectivity index (χ3v) is 6.91. The van der Waals surface area contributed by atoms with Gasteiger partial charge in [-0.25, -0.2) is 22.2 Å². The molecular weight excluding hydrogens is 462 g/mol. The summed E-state index contributed by atoms with van der Waals surface area (Å²) in [6.07, 6.45) is -0.498. The predicted molar refractivity (Wildman–Crippen MR) is 124 cm³/mol. The van der Waals surface area contributed by atoms with Crippen molar-refractivity contribution in [2.75, 3.05) is 18.2 Å². The number of anilines is 2. The number of halogens is 2. The highest BCUT2D eigenvalue weighted by atomic mass is 32.2. The van der Waals surface area contributed by atoms with Gasteiger partial charge in [0, 0.05) is 42.6 Å². The van der Waals surface area contributed by atoms with E-state index in [0.29, 0.717) is 48.1 Å². The summed E-state index contributed by atoms with van der Waals surface area (Å²) in [6.45, 7) is 1.17. The summed E-state index contributed by atoms with van der Waals surface area (Å²) in [5.41, 5.74) is 4.74. The van der Waals surface area contributed by atoms with Gasteiger partial charge in [-0.2, -0.15) is 0 Å².